The van der Waals surface area contributed by atoms with Gasteiger partial charge in [-0.25, -0.2) is 0 Å². The number of nitrogens with one attached hydrogen (secondary N) is 2. The molecule has 0 aliphatic carbocycles. The lowest BCUT2D eigenvalue weighted by Crippen LogP contribution is -2.53. The van der Waals surface area contributed by atoms with Gasteiger partial charge in [-0.1, -0.05) is 0 Å². The summed E-state index contributed by atoms with van der Waals surface area (Å²) in [7, 11) is 0. The van der Waals surface area contributed by atoms with Crippen LogP contribution < -0.4 is 27.8 Å². The van der Waals surface area contributed by atoms with Gasteiger partial charge in [-0.15, -0.1) is 0 Å². The molecule has 86 valence electrons. The molecule has 0 aromatic heterocycles. The molecule has 6 nitrogen and oxygen atoms in total. The van der Waals surface area contributed by atoms with Crippen LogP contribution in [-0.2, 0) is 0 Å². The van der Waals surface area contributed by atoms with Crippen molar-refractivity contribution in [1.82, 2.24) is 10.6 Å². The van der Waals surface area contributed by atoms with Gasteiger partial charge in [0.25, 0.3) is 0 Å². The predicted molar refractivity (Wildman–Crippen MR) is 57.8 cm³/mol. The zero-order chi connectivity index (χ0) is 10.8. The third-order valence-corrected chi connectivity index (χ3v) is 1.97. The van der Waals surface area contributed by atoms with Gasteiger partial charge >= 0.3 is 0 Å². The van der Waals surface area contributed by atoms with Crippen LogP contribution >= 0.6 is 0 Å². The molecule has 2 unspecified atom stereocenters. The highest BCUT2D eigenvalue weighted by Crippen LogP contribution is 1.87. The summed E-state index contributed by atoms with van der Waals surface area (Å²) in [6, 6.07) is -0.234. The van der Waals surface area contributed by atoms with Crippen molar-refractivity contribution >= 4 is 0 Å². The van der Waals surface area contributed by atoms with E-state index in [1.54, 1.807) is 0 Å². The van der Waals surface area contributed by atoms with Crippen molar-refractivity contribution in [3.63, 3.8) is 0 Å². The van der Waals surface area contributed by atoms with Crippen LogP contribution in [0.1, 0.15) is 0 Å². The fourth-order valence-corrected chi connectivity index (χ4v) is 1.13. The molecule has 0 heterocycles. The standard InChI is InChI=1S/C8H23N5O/c9-1-3-12-5-7(11)8(6-14)13-4-2-10/h7-8,12-14H,1-6,9-11H2. The quantitative estimate of drug-likeness (QED) is 0.220. The number of aliphatic hydroxyl groups excluding tert-OH is 1. The number of hydrogen-bond acceptors (Lipinski definition) is 6. The van der Waals surface area contributed by atoms with Crippen LogP contribution in [-0.4, -0.2) is 56.5 Å². The number of hydrogen-bond donors (Lipinski definition) is 6. The van der Waals surface area contributed by atoms with Crippen LogP contribution in [0.25, 0.3) is 0 Å². The molecule has 0 bridgehead atoms. The summed E-state index contributed by atoms with van der Waals surface area (Å²) in [6.07, 6.45) is 0. The fraction of sp³-hybridized carbons (Fsp3) is 1.00. The first kappa shape index (κ1) is 13.8. The minimum absolute atomic E-state index is 0.0193. The van der Waals surface area contributed by atoms with Gasteiger partial charge in [-0.05, 0) is 0 Å². The Morgan fingerprint density at radius 1 is 1.14 bits per heavy atom. The monoisotopic (exact) mass is 205 g/mol. The summed E-state index contributed by atoms with van der Waals surface area (Å²) in [5.41, 5.74) is 16.5. The zero-order valence-electron chi connectivity index (χ0n) is 8.58. The number of aliphatic hydroxyl groups is 1. The van der Waals surface area contributed by atoms with Gasteiger partial charge < -0.3 is 32.9 Å². The van der Waals surface area contributed by atoms with Gasteiger partial charge in [-0.2, -0.15) is 0 Å². The molecule has 0 amide bonds. The highest BCUT2D eigenvalue weighted by atomic mass is 16.3. The van der Waals surface area contributed by atoms with Gasteiger partial charge in [0.2, 0.25) is 0 Å². The van der Waals surface area contributed by atoms with Gasteiger partial charge in [0.15, 0.2) is 0 Å². The maximum Gasteiger partial charge on any atom is 0.0600 e. The lowest BCUT2D eigenvalue weighted by molar-refractivity contribution is 0.222. The maximum absolute atomic E-state index is 9.04. The Hall–Kier alpha value is -0.240. The van der Waals surface area contributed by atoms with E-state index in [2.05, 4.69) is 10.6 Å². The Morgan fingerprint density at radius 2 is 1.79 bits per heavy atom. The molecule has 0 rings (SSSR count). The molecule has 0 saturated carbocycles. The van der Waals surface area contributed by atoms with Gasteiger partial charge in [0, 0.05) is 44.8 Å². The Balaban J connectivity index is 3.61. The lowest BCUT2D eigenvalue weighted by Gasteiger charge is -2.23. The minimum Gasteiger partial charge on any atom is -0.395 e. The molecule has 0 saturated heterocycles. The zero-order valence-corrected chi connectivity index (χ0v) is 8.58. The van der Waals surface area contributed by atoms with E-state index in [1.807, 2.05) is 0 Å². The molecule has 2 atom stereocenters. The van der Waals surface area contributed by atoms with Crippen LogP contribution in [0.2, 0.25) is 0 Å². The first-order valence-electron chi connectivity index (χ1n) is 4.97. The van der Waals surface area contributed by atoms with E-state index in [0.29, 0.717) is 26.2 Å². The molecule has 0 aliphatic heterocycles. The molecule has 0 aliphatic rings. The van der Waals surface area contributed by atoms with Gasteiger partial charge in [0.1, 0.15) is 0 Å². The van der Waals surface area contributed by atoms with E-state index < -0.39 is 0 Å². The summed E-state index contributed by atoms with van der Waals surface area (Å²) < 4.78 is 0. The van der Waals surface area contributed by atoms with E-state index in [0.717, 1.165) is 6.54 Å². The van der Waals surface area contributed by atoms with E-state index in [1.165, 1.54) is 0 Å². The molecule has 0 fully saturated rings. The second-order valence-corrected chi connectivity index (χ2v) is 3.19. The van der Waals surface area contributed by atoms with E-state index in [-0.39, 0.29) is 18.7 Å². The van der Waals surface area contributed by atoms with Crippen molar-refractivity contribution in [3.8, 4) is 0 Å². The Morgan fingerprint density at radius 3 is 2.29 bits per heavy atom. The smallest absolute Gasteiger partial charge is 0.0600 e. The highest BCUT2D eigenvalue weighted by molar-refractivity contribution is 4.80. The average molecular weight is 205 g/mol. The van der Waals surface area contributed by atoms with Crippen molar-refractivity contribution in [2.45, 2.75) is 12.1 Å². The predicted octanol–water partition coefficient (Wildman–Crippen LogP) is -3.23. The topological polar surface area (TPSA) is 122 Å². The average Bonchev–Trinajstić information content (AvgIpc) is 2.19. The first-order chi connectivity index (χ1) is 6.76. The van der Waals surface area contributed by atoms with Crippen molar-refractivity contribution < 1.29 is 5.11 Å². The maximum atomic E-state index is 9.04. The largest absolute Gasteiger partial charge is 0.395 e. The number of nitrogens with two attached hydrogens (primary N) is 3. The normalized spacial score (nSPS) is 15.4. The summed E-state index contributed by atoms with van der Waals surface area (Å²) >= 11 is 0. The summed E-state index contributed by atoms with van der Waals surface area (Å²) in [6.45, 7) is 3.19. The van der Waals surface area contributed by atoms with Crippen LogP contribution in [0.15, 0.2) is 0 Å². The van der Waals surface area contributed by atoms with Gasteiger partial charge in [-0.3, -0.25) is 0 Å². The molecular weight excluding hydrogens is 182 g/mol. The van der Waals surface area contributed by atoms with Gasteiger partial charge in [0.05, 0.1) is 6.61 Å². The second-order valence-electron chi connectivity index (χ2n) is 3.19. The molecule has 14 heavy (non-hydrogen) atoms. The molecule has 0 spiro atoms. The van der Waals surface area contributed by atoms with Crippen molar-refractivity contribution in [1.29, 1.82) is 0 Å². The first-order valence-corrected chi connectivity index (χ1v) is 4.97. The number of rotatable bonds is 9. The molecule has 0 aromatic rings. The second kappa shape index (κ2) is 9.32. The molecule has 0 radical (unpaired) electrons. The highest BCUT2D eigenvalue weighted by Gasteiger charge is 2.14. The summed E-state index contributed by atoms with van der Waals surface area (Å²) in [4.78, 5) is 0. The van der Waals surface area contributed by atoms with Crippen molar-refractivity contribution in [3.05, 3.63) is 0 Å². The lowest BCUT2D eigenvalue weighted by atomic mass is 10.1. The minimum atomic E-state index is -0.127. The van der Waals surface area contributed by atoms with Crippen molar-refractivity contribution in [2.24, 2.45) is 17.2 Å². The third kappa shape index (κ3) is 6.25. The third-order valence-electron chi connectivity index (χ3n) is 1.97. The fourth-order valence-electron chi connectivity index (χ4n) is 1.13. The van der Waals surface area contributed by atoms with E-state index in [9.17, 15) is 0 Å². The van der Waals surface area contributed by atoms with Crippen LogP contribution in [0.5, 0.6) is 0 Å². The molecule has 0 aromatic carbocycles. The Labute approximate surface area is 85.2 Å². The Bertz CT molecular complexity index is 124. The molecule has 9 N–H and O–H groups in total. The Kier molecular flexibility index (Phi) is 9.16. The molecule has 6 heteroatoms. The SMILES string of the molecule is NCCNCC(N)C(CO)NCCN. The summed E-state index contributed by atoms with van der Waals surface area (Å²) in [5, 5.41) is 15.2. The van der Waals surface area contributed by atoms with E-state index in [4.69, 9.17) is 22.3 Å². The summed E-state index contributed by atoms with van der Waals surface area (Å²) in [5.74, 6) is 0. The van der Waals surface area contributed by atoms with Crippen molar-refractivity contribution in [2.75, 3.05) is 39.3 Å². The van der Waals surface area contributed by atoms with Crippen LogP contribution in [0.3, 0.4) is 0 Å². The molecular formula is C8H23N5O. The van der Waals surface area contributed by atoms with E-state index >= 15 is 0 Å². The van der Waals surface area contributed by atoms with Crippen LogP contribution in [0.4, 0.5) is 0 Å². The van der Waals surface area contributed by atoms with Crippen LogP contribution in [0, 0.1) is 0 Å².